The molecule has 3 atom stereocenters. The van der Waals surface area contributed by atoms with Gasteiger partial charge in [0.05, 0.1) is 25.4 Å². The molecular formula is C21H33N3O3. The highest BCUT2D eigenvalue weighted by molar-refractivity contribution is 5.88. The molecule has 1 aromatic rings. The molecule has 0 bridgehead atoms. The molecule has 6 nitrogen and oxygen atoms in total. The van der Waals surface area contributed by atoms with Crippen LogP contribution in [-0.2, 0) is 14.3 Å². The number of morpholine rings is 1. The average molecular weight is 376 g/mol. The Morgan fingerprint density at radius 3 is 2.59 bits per heavy atom. The summed E-state index contributed by atoms with van der Waals surface area (Å²) >= 11 is 0. The predicted octanol–water partition coefficient (Wildman–Crippen LogP) is 1.71. The molecule has 0 radical (unpaired) electrons. The molecule has 2 fully saturated rings. The standard InChI is InChI=1S/C21H33N3O3/c1-4-27-18-14-21(22,20(18,2)3)19(25)23-15-17(16-8-6-5-7-9-16)24-10-12-26-13-11-24/h5-9,17-18H,4,10-15,22H2,1-3H3,(H,23,25). The van der Waals surface area contributed by atoms with Gasteiger partial charge in [-0.2, -0.15) is 0 Å². The minimum absolute atomic E-state index is 0.0300. The van der Waals surface area contributed by atoms with E-state index in [1.54, 1.807) is 0 Å². The number of hydrogen-bond acceptors (Lipinski definition) is 5. The van der Waals surface area contributed by atoms with Gasteiger partial charge in [0.2, 0.25) is 5.91 Å². The quantitative estimate of drug-likeness (QED) is 0.759. The molecule has 1 saturated heterocycles. The van der Waals surface area contributed by atoms with E-state index in [4.69, 9.17) is 15.2 Å². The number of hydrogen-bond donors (Lipinski definition) is 2. The third kappa shape index (κ3) is 3.90. The van der Waals surface area contributed by atoms with Crippen molar-refractivity contribution in [1.82, 2.24) is 10.2 Å². The summed E-state index contributed by atoms with van der Waals surface area (Å²) in [6.07, 6.45) is 0.593. The van der Waals surface area contributed by atoms with Crippen molar-refractivity contribution in [2.75, 3.05) is 39.5 Å². The summed E-state index contributed by atoms with van der Waals surface area (Å²) in [6.45, 7) is 10.4. The SMILES string of the molecule is CCOC1CC(N)(C(=O)NCC(c2ccccc2)N2CCOCC2)C1(C)C. The van der Waals surface area contributed by atoms with E-state index >= 15 is 0 Å². The minimum atomic E-state index is -0.890. The van der Waals surface area contributed by atoms with E-state index in [9.17, 15) is 4.79 Å². The van der Waals surface area contributed by atoms with Crippen LogP contribution >= 0.6 is 0 Å². The van der Waals surface area contributed by atoms with E-state index in [2.05, 4.69) is 22.3 Å². The lowest BCUT2D eigenvalue weighted by Crippen LogP contribution is -2.76. The lowest BCUT2D eigenvalue weighted by atomic mass is 9.54. The Balaban J connectivity index is 1.67. The first-order valence-electron chi connectivity index (χ1n) is 9.95. The minimum Gasteiger partial charge on any atom is -0.379 e. The van der Waals surface area contributed by atoms with Gasteiger partial charge in [-0.25, -0.2) is 0 Å². The van der Waals surface area contributed by atoms with Gasteiger partial charge >= 0.3 is 0 Å². The van der Waals surface area contributed by atoms with E-state index < -0.39 is 5.54 Å². The Hall–Kier alpha value is -1.47. The van der Waals surface area contributed by atoms with Gasteiger partial charge < -0.3 is 20.5 Å². The molecule has 1 amide bonds. The highest BCUT2D eigenvalue weighted by Crippen LogP contribution is 2.49. The molecule has 1 aliphatic carbocycles. The number of benzene rings is 1. The van der Waals surface area contributed by atoms with Crippen molar-refractivity contribution in [2.24, 2.45) is 11.1 Å². The van der Waals surface area contributed by atoms with Crippen LogP contribution in [0.2, 0.25) is 0 Å². The number of nitrogens with zero attached hydrogens (tertiary/aromatic N) is 1. The largest absolute Gasteiger partial charge is 0.379 e. The Kier molecular flexibility index (Phi) is 6.21. The smallest absolute Gasteiger partial charge is 0.240 e. The molecule has 2 aliphatic rings. The molecule has 0 aromatic heterocycles. The summed E-state index contributed by atoms with van der Waals surface area (Å²) in [5.74, 6) is -0.0855. The topological polar surface area (TPSA) is 76.8 Å². The number of carbonyl (C=O) groups is 1. The van der Waals surface area contributed by atoms with E-state index in [1.807, 2.05) is 39.0 Å². The fourth-order valence-corrected chi connectivity index (χ4v) is 4.19. The molecule has 3 N–H and O–H groups in total. The first kappa shape index (κ1) is 20.3. The summed E-state index contributed by atoms with van der Waals surface area (Å²) in [7, 11) is 0. The highest BCUT2D eigenvalue weighted by Gasteiger charge is 2.62. The molecule has 3 rings (SSSR count). The molecule has 150 valence electrons. The monoisotopic (exact) mass is 375 g/mol. The Labute approximate surface area is 162 Å². The second-order valence-electron chi connectivity index (χ2n) is 8.13. The number of nitrogens with one attached hydrogen (secondary N) is 1. The van der Waals surface area contributed by atoms with Crippen LogP contribution in [0.15, 0.2) is 30.3 Å². The van der Waals surface area contributed by atoms with Crippen molar-refractivity contribution < 1.29 is 14.3 Å². The van der Waals surface area contributed by atoms with E-state index in [1.165, 1.54) is 5.56 Å². The number of rotatable bonds is 7. The maximum atomic E-state index is 13.0. The van der Waals surface area contributed by atoms with E-state index in [-0.39, 0.29) is 23.5 Å². The van der Waals surface area contributed by atoms with Crippen LogP contribution in [0.5, 0.6) is 0 Å². The summed E-state index contributed by atoms with van der Waals surface area (Å²) < 4.78 is 11.2. The zero-order chi connectivity index (χ0) is 19.5. The van der Waals surface area contributed by atoms with Crippen molar-refractivity contribution >= 4 is 5.91 Å². The molecule has 1 aliphatic heterocycles. The van der Waals surface area contributed by atoms with Gasteiger partial charge in [0.1, 0.15) is 5.54 Å². The molecular weight excluding hydrogens is 342 g/mol. The number of carbonyl (C=O) groups excluding carboxylic acids is 1. The zero-order valence-corrected chi connectivity index (χ0v) is 16.7. The summed E-state index contributed by atoms with van der Waals surface area (Å²) in [5, 5.41) is 3.14. The molecule has 0 spiro atoms. The molecule has 1 saturated carbocycles. The second kappa shape index (κ2) is 8.27. The molecule has 1 aromatic carbocycles. The van der Waals surface area contributed by atoms with Crippen molar-refractivity contribution in [1.29, 1.82) is 0 Å². The maximum Gasteiger partial charge on any atom is 0.240 e. The fraction of sp³-hybridized carbons (Fsp3) is 0.667. The van der Waals surface area contributed by atoms with Gasteiger partial charge in [-0.3, -0.25) is 9.69 Å². The normalized spacial score (nSPS) is 29.0. The highest BCUT2D eigenvalue weighted by atomic mass is 16.5. The molecule has 6 heteroatoms. The van der Waals surface area contributed by atoms with Crippen LogP contribution in [0.25, 0.3) is 0 Å². The predicted molar refractivity (Wildman–Crippen MR) is 105 cm³/mol. The third-order valence-electron chi connectivity index (χ3n) is 6.36. The van der Waals surface area contributed by atoms with Crippen molar-refractivity contribution in [3.63, 3.8) is 0 Å². The molecule has 3 unspecified atom stereocenters. The van der Waals surface area contributed by atoms with Crippen LogP contribution in [0.1, 0.15) is 38.8 Å². The fourth-order valence-electron chi connectivity index (χ4n) is 4.19. The summed E-state index contributed by atoms with van der Waals surface area (Å²) in [6, 6.07) is 10.4. The average Bonchev–Trinajstić information content (AvgIpc) is 2.69. The van der Waals surface area contributed by atoms with Gasteiger partial charge in [-0.1, -0.05) is 44.2 Å². The van der Waals surface area contributed by atoms with Gasteiger partial charge in [-0.15, -0.1) is 0 Å². The lowest BCUT2D eigenvalue weighted by Gasteiger charge is -2.57. The van der Waals surface area contributed by atoms with Crippen LogP contribution in [0.3, 0.4) is 0 Å². The second-order valence-corrected chi connectivity index (χ2v) is 8.13. The van der Waals surface area contributed by atoms with E-state index in [0.717, 1.165) is 26.3 Å². The van der Waals surface area contributed by atoms with Gasteiger partial charge in [-0.05, 0) is 12.5 Å². The Morgan fingerprint density at radius 1 is 1.33 bits per heavy atom. The van der Waals surface area contributed by atoms with Gasteiger partial charge in [0.25, 0.3) is 0 Å². The van der Waals surface area contributed by atoms with E-state index in [0.29, 0.717) is 19.6 Å². The van der Waals surface area contributed by atoms with Crippen LogP contribution in [0, 0.1) is 5.41 Å². The molecule has 1 heterocycles. The first-order valence-corrected chi connectivity index (χ1v) is 9.95. The number of nitrogens with two attached hydrogens (primary N) is 1. The van der Waals surface area contributed by atoms with Crippen molar-refractivity contribution in [3.8, 4) is 0 Å². The summed E-state index contributed by atoms with van der Waals surface area (Å²) in [5.41, 5.74) is 6.45. The summed E-state index contributed by atoms with van der Waals surface area (Å²) in [4.78, 5) is 15.4. The van der Waals surface area contributed by atoms with Gasteiger partial charge in [0, 0.05) is 38.1 Å². The van der Waals surface area contributed by atoms with Crippen LogP contribution in [-0.4, -0.2) is 61.9 Å². The Morgan fingerprint density at radius 2 is 2.00 bits per heavy atom. The third-order valence-corrected chi connectivity index (χ3v) is 6.36. The van der Waals surface area contributed by atoms with Crippen LogP contribution < -0.4 is 11.1 Å². The maximum absolute atomic E-state index is 13.0. The van der Waals surface area contributed by atoms with Crippen LogP contribution in [0.4, 0.5) is 0 Å². The van der Waals surface area contributed by atoms with Crippen molar-refractivity contribution in [2.45, 2.75) is 44.9 Å². The number of amides is 1. The number of ether oxygens (including phenoxy) is 2. The Bertz CT molecular complexity index is 631. The molecule has 27 heavy (non-hydrogen) atoms. The zero-order valence-electron chi connectivity index (χ0n) is 16.7. The first-order chi connectivity index (χ1) is 12.9. The lowest BCUT2D eigenvalue weighted by molar-refractivity contribution is -0.170. The van der Waals surface area contributed by atoms with Crippen molar-refractivity contribution in [3.05, 3.63) is 35.9 Å². The van der Waals surface area contributed by atoms with Gasteiger partial charge in [0.15, 0.2) is 0 Å².